The summed E-state index contributed by atoms with van der Waals surface area (Å²) in [5.74, 6) is 0.812. The Morgan fingerprint density at radius 3 is 2.95 bits per heavy atom. The van der Waals surface area contributed by atoms with Crippen molar-refractivity contribution in [2.24, 2.45) is 11.7 Å². The van der Waals surface area contributed by atoms with Crippen molar-refractivity contribution >= 4 is 28.8 Å². The number of aromatic hydroxyl groups is 1. The quantitative estimate of drug-likeness (QED) is 0.842. The fourth-order valence-electron chi connectivity index (χ4n) is 2.73. The molecule has 1 aromatic rings. The number of halogens is 1. The molecule has 19 heavy (non-hydrogen) atoms. The summed E-state index contributed by atoms with van der Waals surface area (Å²) in [4.78, 5) is 2.62. The van der Waals surface area contributed by atoms with Gasteiger partial charge in [-0.15, -0.1) is 0 Å². The molecule has 0 spiro atoms. The normalized spacial score (nSPS) is 22.1. The van der Waals surface area contributed by atoms with E-state index in [9.17, 15) is 5.11 Å². The second-order valence-electron chi connectivity index (χ2n) is 5.25. The largest absolute Gasteiger partial charge is 0.508 e. The van der Waals surface area contributed by atoms with Crippen molar-refractivity contribution in [3.05, 3.63) is 28.8 Å². The number of hydrogen-bond donors (Lipinski definition) is 2. The van der Waals surface area contributed by atoms with Gasteiger partial charge in [-0.3, -0.25) is 4.90 Å². The minimum atomic E-state index is -0.239. The number of phenols is 1. The van der Waals surface area contributed by atoms with Crippen molar-refractivity contribution in [3.63, 3.8) is 0 Å². The molecule has 1 fully saturated rings. The molecule has 1 aliphatic heterocycles. The van der Waals surface area contributed by atoms with Gasteiger partial charge in [0, 0.05) is 17.1 Å². The average Bonchev–Trinajstić information content (AvgIpc) is 2.33. The molecule has 5 heteroatoms. The van der Waals surface area contributed by atoms with Gasteiger partial charge in [-0.1, -0.05) is 30.7 Å². The zero-order chi connectivity index (χ0) is 14.0. The lowest BCUT2D eigenvalue weighted by Crippen LogP contribution is -2.42. The van der Waals surface area contributed by atoms with Crippen molar-refractivity contribution < 1.29 is 5.11 Å². The molecule has 1 aliphatic rings. The number of hydrogen-bond acceptors (Lipinski definition) is 3. The van der Waals surface area contributed by atoms with Crippen LogP contribution in [0.15, 0.2) is 18.2 Å². The molecule has 1 heterocycles. The van der Waals surface area contributed by atoms with E-state index in [1.165, 1.54) is 6.42 Å². The van der Waals surface area contributed by atoms with E-state index in [2.05, 4.69) is 11.8 Å². The molecule has 104 valence electrons. The Kier molecular flexibility index (Phi) is 4.66. The van der Waals surface area contributed by atoms with Crippen LogP contribution in [0.1, 0.15) is 31.4 Å². The van der Waals surface area contributed by atoms with Crippen LogP contribution in [0.25, 0.3) is 0 Å². The lowest BCUT2D eigenvalue weighted by Gasteiger charge is -2.37. The number of piperidine rings is 1. The third kappa shape index (κ3) is 3.38. The highest BCUT2D eigenvalue weighted by atomic mass is 35.5. The summed E-state index contributed by atoms with van der Waals surface area (Å²) in [6.45, 7) is 4.10. The van der Waals surface area contributed by atoms with Crippen LogP contribution in [0, 0.1) is 5.92 Å². The van der Waals surface area contributed by atoms with Crippen LogP contribution < -0.4 is 5.73 Å². The van der Waals surface area contributed by atoms with Gasteiger partial charge in [0.2, 0.25) is 0 Å². The molecule has 0 bridgehead atoms. The average molecular weight is 299 g/mol. The SMILES string of the molecule is CC1CCCN(C(C(N)=S)c2cc(Cl)ccc2O)C1. The topological polar surface area (TPSA) is 49.5 Å². The van der Waals surface area contributed by atoms with Gasteiger partial charge in [-0.25, -0.2) is 0 Å². The highest BCUT2D eigenvalue weighted by molar-refractivity contribution is 7.80. The first-order chi connectivity index (χ1) is 8.99. The van der Waals surface area contributed by atoms with Crippen molar-refractivity contribution in [2.45, 2.75) is 25.8 Å². The smallest absolute Gasteiger partial charge is 0.120 e. The maximum atomic E-state index is 10.1. The molecule has 0 amide bonds. The fraction of sp³-hybridized carbons (Fsp3) is 0.500. The summed E-state index contributed by atoms with van der Waals surface area (Å²) < 4.78 is 0. The minimum Gasteiger partial charge on any atom is -0.508 e. The highest BCUT2D eigenvalue weighted by Gasteiger charge is 2.29. The summed E-state index contributed by atoms with van der Waals surface area (Å²) >= 11 is 11.2. The van der Waals surface area contributed by atoms with Crippen molar-refractivity contribution in [1.29, 1.82) is 0 Å². The molecule has 0 saturated carbocycles. The first-order valence-electron chi connectivity index (χ1n) is 6.51. The van der Waals surface area contributed by atoms with E-state index in [0.29, 0.717) is 21.5 Å². The highest BCUT2D eigenvalue weighted by Crippen LogP contribution is 2.33. The molecule has 0 aliphatic carbocycles. The van der Waals surface area contributed by atoms with Crippen LogP contribution in [0.4, 0.5) is 0 Å². The Morgan fingerprint density at radius 1 is 1.58 bits per heavy atom. The predicted octanol–water partition coefficient (Wildman–Crippen LogP) is 3.10. The molecule has 1 aromatic carbocycles. The zero-order valence-corrected chi connectivity index (χ0v) is 12.5. The maximum Gasteiger partial charge on any atom is 0.120 e. The first-order valence-corrected chi connectivity index (χ1v) is 7.29. The second kappa shape index (κ2) is 6.07. The Balaban J connectivity index is 2.34. The van der Waals surface area contributed by atoms with Crippen LogP contribution in [0.5, 0.6) is 5.75 Å². The lowest BCUT2D eigenvalue weighted by atomic mass is 9.95. The first kappa shape index (κ1) is 14.6. The minimum absolute atomic E-state index is 0.195. The molecule has 0 aromatic heterocycles. The number of rotatable bonds is 3. The van der Waals surface area contributed by atoms with E-state index in [1.54, 1.807) is 18.2 Å². The number of benzene rings is 1. The zero-order valence-electron chi connectivity index (χ0n) is 11.0. The molecule has 0 radical (unpaired) electrons. The van der Waals surface area contributed by atoms with Gasteiger partial charge >= 0.3 is 0 Å². The van der Waals surface area contributed by atoms with Crippen LogP contribution in [-0.2, 0) is 0 Å². The number of thiocarbonyl (C=S) groups is 1. The molecule has 3 nitrogen and oxygen atoms in total. The van der Waals surface area contributed by atoms with Gasteiger partial charge in [0.25, 0.3) is 0 Å². The third-order valence-corrected chi connectivity index (χ3v) is 4.07. The van der Waals surface area contributed by atoms with E-state index < -0.39 is 0 Å². The van der Waals surface area contributed by atoms with Crippen molar-refractivity contribution in [2.75, 3.05) is 13.1 Å². The molecular formula is C14H19ClN2OS. The molecular weight excluding hydrogens is 280 g/mol. The number of likely N-dealkylation sites (tertiary alicyclic amines) is 1. The maximum absolute atomic E-state index is 10.1. The van der Waals surface area contributed by atoms with Crippen molar-refractivity contribution in [3.8, 4) is 5.75 Å². The van der Waals surface area contributed by atoms with Gasteiger partial charge in [0.05, 0.1) is 11.0 Å². The van der Waals surface area contributed by atoms with Gasteiger partial charge in [-0.05, 0) is 43.5 Å². The van der Waals surface area contributed by atoms with E-state index >= 15 is 0 Å². The summed E-state index contributed by atoms with van der Waals surface area (Å²) in [7, 11) is 0. The molecule has 2 rings (SSSR count). The van der Waals surface area contributed by atoms with E-state index in [-0.39, 0.29) is 11.8 Å². The van der Waals surface area contributed by atoms with Crippen LogP contribution >= 0.6 is 23.8 Å². The summed E-state index contributed by atoms with van der Waals surface area (Å²) in [5.41, 5.74) is 6.60. The molecule has 2 atom stereocenters. The molecule has 3 N–H and O–H groups in total. The predicted molar refractivity (Wildman–Crippen MR) is 82.6 cm³/mol. The molecule has 1 saturated heterocycles. The van der Waals surface area contributed by atoms with Gasteiger partial charge in [-0.2, -0.15) is 0 Å². The Bertz CT molecular complexity index is 481. The van der Waals surface area contributed by atoms with Crippen LogP contribution in [-0.4, -0.2) is 28.1 Å². The van der Waals surface area contributed by atoms with Gasteiger partial charge in [0.15, 0.2) is 0 Å². The Morgan fingerprint density at radius 2 is 2.32 bits per heavy atom. The number of nitrogens with zero attached hydrogens (tertiary/aromatic N) is 1. The van der Waals surface area contributed by atoms with E-state index in [0.717, 1.165) is 19.5 Å². The number of phenolic OH excluding ortho intramolecular Hbond substituents is 1. The fourth-order valence-corrected chi connectivity index (χ4v) is 3.19. The van der Waals surface area contributed by atoms with Crippen LogP contribution in [0.3, 0.4) is 0 Å². The summed E-state index contributed by atoms with van der Waals surface area (Å²) in [6, 6.07) is 4.77. The van der Waals surface area contributed by atoms with E-state index in [1.807, 2.05) is 0 Å². The van der Waals surface area contributed by atoms with Gasteiger partial charge in [0.1, 0.15) is 5.75 Å². The van der Waals surface area contributed by atoms with Crippen molar-refractivity contribution in [1.82, 2.24) is 4.90 Å². The molecule has 2 unspecified atom stereocenters. The monoisotopic (exact) mass is 298 g/mol. The second-order valence-corrected chi connectivity index (χ2v) is 6.16. The lowest BCUT2D eigenvalue weighted by molar-refractivity contribution is 0.161. The standard InChI is InChI=1S/C14H19ClN2OS/c1-9-3-2-6-17(8-9)13(14(16)19)11-7-10(15)4-5-12(11)18/h4-5,7,9,13,18H,2-3,6,8H2,1H3,(H2,16,19). The van der Waals surface area contributed by atoms with Crippen LogP contribution in [0.2, 0.25) is 5.02 Å². The number of nitrogens with two attached hydrogens (primary N) is 1. The van der Waals surface area contributed by atoms with Gasteiger partial charge < -0.3 is 10.8 Å². The summed E-state index contributed by atoms with van der Waals surface area (Å²) in [6.07, 6.45) is 2.35. The Hall–Kier alpha value is -0.840. The third-order valence-electron chi connectivity index (χ3n) is 3.61. The summed E-state index contributed by atoms with van der Waals surface area (Å²) in [5, 5.41) is 10.6. The Labute approximate surface area is 124 Å². The van der Waals surface area contributed by atoms with E-state index in [4.69, 9.17) is 29.6 Å².